The number of carbonyl (C=O) groups excluding carboxylic acids is 1. The molecular weight excluding hydrogens is 198 g/mol. The molecule has 1 fully saturated rings. The van der Waals surface area contributed by atoms with Crippen LogP contribution in [0.15, 0.2) is 12.3 Å². The Hall–Kier alpha value is -0.740. The van der Waals surface area contributed by atoms with Crippen molar-refractivity contribution in [1.82, 2.24) is 4.37 Å². The predicted octanol–water partition coefficient (Wildman–Crippen LogP) is 1.68. The summed E-state index contributed by atoms with van der Waals surface area (Å²) >= 11 is 1.40. The quantitative estimate of drug-likeness (QED) is 0.763. The molecule has 0 aliphatic carbocycles. The Bertz CT molecular complexity index is 310. The second-order valence-electron chi connectivity index (χ2n) is 3.59. The van der Waals surface area contributed by atoms with Crippen molar-refractivity contribution < 1.29 is 9.53 Å². The van der Waals surface area contributed by atoms with Crippen LogP contribution in [0.5, 0.6) is 0 Å². The second-order valence-corrected chi connectivity index (χ2v) is 4.51. The van der Waals surface area contributed by atoms with Gasteiger partial charge >= 0.3 is 0 Å². The van der Waals surface area contributed by atoms with Crippen molar-refractivity contribution >= 4 is 17.3 Å². The number of nitrogens with zero attached hydrogens (tertiary/aromatic N) is 1. The molecule has 0 radical (unpaired) electrons. The van der Waals surface area contributed by atoms with E-state index in [0.717, 1.165) is 17.9 Å². The molecule has 1 aromatic rings. The summed E-state index contributed by atoms with van der Waals surface area (Å²) in [7, 11) is 0. The van der Waals surface area contributed by atoms with Gasteiger partial charge in [0.2, 0.25) is 0 Å². The first-order valence-corrected chi connectivity index (χ1v) is 5.58. The van der Waals surface area contributed by atoms with Crippen LogP contribution in [0.4, 0.5) is 0 Å². The van der Waals surface area contributed by atoms with Gasteiger partial charge in [-0.1, -0.05) is 0 Å². The SMILES string of the molecule is CC1OCCC1C(=O)Cc1ccns1. The third-order valence-corrected chi connectivity index (χ3v) is 3.37. The van der Waals surface area contributed by atoms with Gasteiger partial charge in [-0.05, 0) is 30.9 Å². The van der Waals surface area contributed by atoms with E-state index in [-0.39, 0.29) is 12.0 Å². The molecule has 1 aliphatic heterocycles. The molecule has 0 N–H and O–H groups in total. The molecule has 2 atom stereocenters. The number of carbonyl (C=O) groups is 1. The zero-order valence-corrected chi connectivity index (χ0v) is 8.92. The zero-order chi connectivity index (χ0) is 9.97. The Morgan fingerprint density at radius 2 is 2.64 bits per heavy atom. The Morgan fingerprint density at radius 1 is 1.79 bits per heavy atom. The lowest BCUT2D eigenvalue weighted by Gasteiger charge is -2.11. The number of hydrogen-bond donors (Lipinski definition) is 0. The largest absolute Gasteiger partial charge is 0.378 e. The van der Waals surface area contributed by atoms with Crippen LogP contribution in [0.2, 0.25) is 0 Å². The molecule has 0 aromatic carbocycles. The van der Waals surface area contributed by atoms with Gasteiger partial charge in [0.15, 0.2) is 0 Å². The fourth-order valence-corrected chi connectivity index (χ4v) is 2.38. The Kier molecular flexibility index (Phi) is 2.93. The summed E-state index contributed by atoms with van der Waals surface area (Å²) < 4.78 is 9.35. The fourth-order valence-electron chi connectivity index (χ4n) is 1.79. The highest BCUT2D eigenvalue weighted by Crippen LogP contribution is 2.23. The molecule has 2 rings (SSSR count). The summed E-state index contributed by atoms with van der Waals surface area (Å²) in [5.74, 6) is 0.386. The maximum Gasteiger partial charge on any atom is 0.143 e. The summed E-state index contributed by atoms with van der Waals surface area (Å²) in [6, 6.07) is 1.91. The number of Topliss-reactive ketones (excluding diaryl/α,β-unsaturated/α-hetero) is 1. The maximum atomic E-state index is 11.8. The molecule has 0 bridgehead atoms. The van der Waals surface area contributed by atoms with Crippen LogP contribution >= 0.6 is 11.5 Å². The first-order chi connectivity index (χ1) is 6.77. The number of rotatable bonds is 3. The van der Waals surface area contributed by atoms with Crippen molar-refractivity contribution in [3.63, 3.8) is 0 Å². The molecule has 0 spiro atoms. The van der Waals surface area contributed by atoms with Crippen molar-refractivity contribution in [2.75, 3.05) is 6.61 Å². The topological polar surface area (TPSA) is 39.2 Å². The molecule has 2 unspecified atom stereocenters. The van der Waals surface area contributed by atoms with E-state index < -0.39 is 0 Å². The maximum absolute atomic E-state index is 11.8. The van der Waals surface area contributed by atoms with Crippen LogP contribution in [0, 0.1) is 5.92 Å². The Morgan fingerprint density at radius 3 is 3.21 bits per heavy atom. The van der Waals surface area contributed by atoms with Crippen molar-refractivity contribution in [2.24, 2.45) is 5.92 Å². The zero-order valence-electron chi connectivity index (χ0n) is 8.10. The summed E-state index contributed by atoms with van der Waals surface area (Å²) in [6.45, 7) is 2.70. The third kappa shape index (κ3) is 2.01. The van der Waals surface area contributed by atoms with Gasteiger partial charge in [-0.25, -0.2) is 4.37 Å². The van der Waals surface area contributed by atoms with Gasteiger partial charge in [0.05, 0.1) is 6.10 Å². The molecule has 1 aliphatic rings. The number of ether oxygens (including phenoxy) is 1. The van der Waals surface area contributed by atoms with Crippen molar-refractivity contribution in [3.05, 3.63) is 17.1 Å². The van der Waals surface area contributed by atoms with Crippen molar-refractivity contribution in [3.8, 4) is 0 Å². The van der Waals surface area contributed by atoms with E-state index >= 15 is 0 Å². The van der Waals surface area contributed by atoms with Gasteiger partial charge in [0.1, 0.15) is 5.78 Å². The molecule has 0 saturated carbocycles. The van der Waals surface area contributed by atoms with Crippen LogP contribution in [0.25, 0.3) is 0 Å². The van der Waals surface area contributed by atoms with Gasteiger partial charge < -0.3 is 4.74 Å². The third-order valence-electron chi connectivity index (χ3n) is 2.63. The monoisotopic (exact) mass is 211 g/mol. The second kappa shape index (κ2) is 4.19. The fraction of sp³-hybridized carbons (Fsp3) is 0.600. The van der Waals surface area contributed by atoms with E-state index in [9.17, 15) is 4.79 Å². The molecule has 76 valence electrons. The number of aromatic nitrogens is 1. The molecule has 1 aromatic heterocycles. The molecule has 0 amide bonds. The minimum absolute atomic E-state index is 0.0930. The molecule has 1 saturated heterocycles. The van der Waals surface area contributed by atoms with Crippen LogP contribution in [0.3, 0.4) is 0 Å². The van der Waals surface area contributed by atoms with E-state index in [1.807, 2.05) is 13.0 Å². The highest BCUT2D eigenvalue weighted by atomic mass is 32.1. The Labute approximate surface area is 87.3 Å². The smallest absolute Gasteiger partial charge is 0.143 e. The van der Waals surface area contributed by atoms with Gasteiger partial charge in [-0.3, -0.25) is 4.79 Å². The van der Waals surface area contributed by atoms with Crippen LogP contribution in [0.1, 0.15) is 18.2 Å². The lowest BCUT2D eigenvalue weighted by Crippen LogP contribution is -2.22. The minimum atomic E-state index is 0.0930. The average Bonchev–Trinajstić information content (AvgIpc) is 2.75. The van der Waals surface area contributed by atoms with E-state index in [4.69, 9.17) is 4.74 Å². The van der Waals surface area contributed by atoms with Gasteiger partial charge in [0.25, 0.3) is 0 Å². The predicted molar refractivity (Wildman–Crippen MR) is 54.3 cm³/mol. The lowest BCUT2D eigenvalue weighted by atomic mass is 9.95. The number of ketones is 1. The first kappa shape index (κ1) is 9.80. The molecule has 3 nitrogen and oxygen atoms in total. The summed E-state index contributed by atoms with van der Waals surface area (Å²) in [6.07, 6.45) is 3.22. The Balaban J connectivity index is 1.95. The summed E-state index contributed by atoms with van der Waals surface area (Å²) in [5, 5.41) is 0. The minimum Gasteiger partial charge on any atom is -0.378 e. The molecule has 14 heavy (non-hydrogen) atoms. The van der Waals surface area contributed by atoms with E-state index in [1.54, 1.807) is 6.20 Å². The van der Waals surface area contributed by atoms with Gasteiger partial charge in [-0.2, -0.15) is 0 Å². The van der Waals surface area contributed by atoms with Crippen LogP contribution in [-0.4, -0.2) is 22.9 Å². The lowest BCUT2D eigenvalue weighted by molar-refractivity contribution is -0.123. The molecule has 2 heterocycles. The average molecular weight is 211 g/mol. The summed E-state index contributed by atoms with van der Waals surface area (Å²) in [5.41, 5.74) is 0. The number of hydrogen-bond acceptors (Lipinski definition) is 4. The molecular formula is C10H13NO2S. The highest BCUT2D eigenvalue weighted by Gasteiger charge is 2.30. The van der Waals surface area contributed by atoms with Crippen molar-refractivity contribution in [2.45, 2.75) is 25.9 Å². The molecule has 4 heteroatoms. The van der Waals surface area contributed by atoms with E-state index in [2.05, 4.69) is 4.37 Å². The van der Waals surface area contributed by atoms with Crippen LogP contribution in [-0.2, 0) is 16.0 Å². The first-order valence-electron chi connectivity index (χ1n) is 4.81. The van der Waals surface area contributed by atoms with Crippen molar-refractivity contribution in [1.29, 1.82) is 0 Å². The summed E-state index contributed by atoms with van der Waals surface area (Å²) in [4.78, 5) is 12.9. The van der Waals surface area contributed by atoms with E-state index in [0.29, 0.717) is 12.2 Å². The normalized spacial score (nSPS) is 26.6. The van der Waals surface area contributed by atoms with Crippen LogP contribution < -0.4 is 0 Å². The highest BCUT2D eigenvalue weighted by molar-refractivity contribution is 7.05. The van der Waals surface area contributed by atoms with Gasteiger partial charge in [-0.15, -0.1) is 0 Å². The van der Waals surface area contributed by atoms with Gasteiger partial charge in [0, 0.05) is 30.0 Å². The van der Waals surface area contributed by atoms with E-state index in [1.165, 1.54) is 11.5 Å². The standard InChI is InChI=1S/C10H13NO2S/c1-7-9(3-5-13-7)10(12)6-8-2-4-11-14-8/h2,4,7,9H,3,5-6H2,1H3.